The molecule has 0 aromatic heterocycles. The van der Waals surface area contributed by atoms with Crippen LogP contribution in [0.25, 0.3) is 0 Å². The van der Waals surface area contributed by atoms with Gasteiger partial charge in [-0.2, -0.15) is 5.26 Å². The summed E-state index contributed by atoms with van der Waals surface area (Å²) in [5.41, 5.74) is 1.22. The zero-order chi connectivity index (χ0) is 18.7. The van der Waals surface area contributed by atoms with Crippen molar-refractivity contribution in [2.75, 3.05) is 31.1 Å². The Morgan fingerprint density at radius 1 is 1.08 bits per heavy atom. The van der Waals surface area contributed by atoms with Crippen molar-refractivity contribution in [2.24, 2.45) is 0 Å². The first kappa shape index (κ1) is 17.8. The second-order valence-corrected chi connectivity index (χ2v) is 6.16. The van der Waals surface area contributed by atoms with Gasteiger partial charge in [0.05, 0.1) is 11.1 Å². The predicted molar refractivity (Wildman–Crippen MR) is 92.0 cm³/mol. The number of benzene rings is 2. The predicted octanol–water partition coefficient (Wildman–Crippen LogP) is 2.86. The molecule has 1 aliphatic heterocycles. The zero-order valence-electron chi connectivity index (χ0n) is 14.0. The van der Waals surface area contributed by atoms with Crippen LogP contribution in [0.1, 0.15) is 21.5 Å². The minimum atomic E-state index is -1.28. The molecule has 1 aliphatic rings. The van der Waals surface area contributed by atoms with Gasteiger partial charge in [-0.1, -0.05) is 6.07 Å². The van der Waals surface area contributed by atoms with Crippen LogP contribution in [0, 0.1) is 23.0 Å². The first-order valence-corrected chi connectivity index (χ1v) is 8.16. The first-order chi connectivity index (χ1) is 12.5. The summed E-state index contributed by atoms with van der Waals surface area (Å²) in [5.74, 6) is -2.54. The van der Waals surface area contributed by atoms with Crippen molar-refractivity contribution in [3.05, 3.63) is 64.7 Å². The van der Waals surface area contributed by atoms with E-state index in [4.69, 9.17) is 10.4 Å². The van der Waals surface area contributed by atoms with Crippen molar-refractivity contribution < 1.29 is 18.7 Å². The molecule has 134 valence electrons. The molecule has 0 aliphatic carbocycles. The number of rotatable bonds is 4. The van der Waals surface area contributed by atoms with Gasteiger partial charge in [-0.25, -0.2) is 13.6 Å². The Balaban J connectivity index is 1.61. The number of hydrogen-bond donors (Lipinski definition) is 1. The second kappa shape index (κ2) is 7.50. The van der Waals surface area contributed by atoms with Crippen LogP contribution in [-0.4, -0.2) is 42.2 Å². The molecule has 2 aromatic carbocycles. The largest absolute Gasteiger partial charge is 0.478 e. The highest BCUT2D eigenvalue weighted by molar-refractivity contribution is 5.87. The Hall–Kier alpha value is -2.98. The molecule has 2 aromatic rings. The van der Waals surface area contributed by atoms with Crippen LogP contribution >= 0.6 is 0 Å². The quantitative estimate of drug-likeness (QED) is 0.911. The first-order valence-electron chi connectivity index (χ1n) is 8.16. The average Bonchev–Trinajstić information content (AvgIpc) is 2.62. The van der Waals surface area contributed by atoms with Gasteiger partial charge in [-0.15, -0.1) is 0 Å². The average molecular weight is 357 g/mol. The summed E-state index contributed by atoms with van der Waals surface area (Å²) in [4.78, 5) is 15.1. The zero-order valence-corrected chi connectivity index (χ0v) is 14.0. The van der Waals surface area contributed by atoms with E-state index in [1.165, 1.54) is 18.2 Å². The number of halogens is 2. The lowest BCUT2D eigenvalue weighted by Gasteiger charge is -2.36. The van der Waals surface area contributed by atoms with Crippen molar-refractivity contribution in [2.45, 2.75) is 6.54 Å². The van der Waals surface area contributed by atoms with Gasteiger partial charge in [0.1, 0.15) is 17.7 Å². The van der Waals surface area contributed by atoms with Crippen molar-refractivity contribution in [1.82, 2.24) is 4.90 Å². The molecule has 0 atom stereocenters. The highest BCUT2D eigenvalue weighted by Crippen LogP contribution is 2.21. The Bertz CT molecular complexity index is 872. The Labute approximate surface area is 149 Å². The number of carboxylic acid groups (broad SMARTS) is 1. The normalized spacial score (nSPS) is 14.9. The molecule has 5 nitrogen and oxygen atoms in total. The van der Waals surface area contributed by atoms with Gasteiger partial charge in [-0.3, -0.25) is 4.90 Å². The molecule has 26 heavy (non-hydrogen) atoms. The summed E-state index contributed by atoms with van der Waals surface area (Å²) in [6.07, 6.45) is 0. The van der Waals surface area contributed by atoms with E-state index in [9.17, 15) is 13.6 Å². The monoisotopic (exact) mass is 357 g/mol. The number of anilines is 1. The molecule has 0 amide bonds. The minimum absolute atomic E-state index is 0.0268. The fourth-order valence-electron chi connectivity index (χ4n) is 3.05. The third-order valence-corrected chi connectivity index (χ3v) is 4.48. The molecular weight excluding hydrogens is 340 g/mol. The van der Waals surface area contributed by atoms with Gasteiger partial charge in [0, 0.05) is 38.4 Å². The van der Waals surface area contributed by atoms with Gasteiger partial charge in [0.25, 0.3) is 0 Å². The fourth-order valence-corrected chi connectivity index (χ4v) is 3.05. The highest BCUT2D eigenvalue weighted by Gasteiger charge is 2.19. The summed E-state index contributed by atoms with van der Waals surface area (Å²) >= 11 is 0. The molecule has 7 heteroatoms. The third kappa shape index (κ3) is 3.81. The van der Waals surface area contributed by atoms with Gasteiger partial charge in [0.15, 0.2) is 0 Å². The lowest BCUT2D eigenvalue weighted by molar-refractivity contribution is 0.0692. The maximum atomic E-state index is 13.8. The lowest BCUT2D eigenvalue weighted by atomic mass is 10.1. The van der Waals surface area contributed by atoms with Crippen LogP contribution < -0.4 is 4.90 Å². The van der Waals surface area contributed by atoms with Crippen LogP contribution in [0.4, 0.5) is 14.5 Å². The number of hydrogen-bond acceptors (Lipinski definition) is 4. The van der Waals surface area contributed by atoms with E-state index in [0.717, 1.165) is 24.3 Å². The van der Waals surface area contributed by atoms with Crippen LogP contribution in [0.2, 0.25) is 0 Å². The molecule has 0 saturated carbocycles. The summed E-state index contributed by atoms with van der Waals surface area (Å²) in [7, 11) is 0. The summed E-state index contributed by atoms with van der Waals surface area (Å²) in [5, 5.41) is 17.8. The standard InChI is InChI=1S/C19H17F2N3O2/c20-17-4-2-15(10-14(17)11-22)24-7-5-23(6-8-24)12-13-1-3-16(19(25)26)18(21)9-13/h1-4,9-10H,5-8,12H2,(H,25,26). The molecule has 0 unspecified atom stereocenters. The number of piperazine rings is 1. The molecule has 1 N–H and O–H groups in total. The molecule has 3 rings (SSSR count). The van der Waals surface area contributed by atoms with Gasteiger partial charge >= 0.3 is 5.97 Å². The van der Waals surface area contributed by atoms with E-state index in [1.54, 1.807) is 18.2 Å². The van der Waals surface area contributed by atoms with Gasteiger partial charge in [-0.05, 0) is 35.9 Å². The van der Waals surface area contributed by atoms with E-state index in [2.05, 4.69) is 9.80 Å². The molecule has 0 spiro atoms. The van der Waals surface area contributed by atoms with Crippen LogP contribution in [0.5, 0.6) is 0 Å². The second-order valence-electron chi connectivity index (χ2n) is 6.16. The molecule has 0 bridgehead atoms. The maximum absolute atomic E-state index is 13.8. The summed E-state index contributed by atoms with van der Waals surface area (Å²) < 4.78 is 27.2. The summed E-state index contributed by atoms with van der Waals surface area (Å²) in [6.45, 7) is 3.37. The number of aromatic carboxylic acids is 1. The van der Waals surface area contributed by atoms with E-state index in [0.29, 0.717) is 19.6 Å². The maximum Gasteiger partial charge on any atom is 0.338 e. The topological polar surface area (TPSA) is 67.6 Å². The van der Waals surface area contributed by atoms with Crippen molar-refractivity contribution in [3.8, 4) is 6.07 Å². The van der Waals surface area contributed by atoms with E-state index in [1.807, 2.05) is 6.07 Å². The number of carboxylic acids is 1. The lowest BCUT2D eigenvalue weighted by Crippen LogP contribution is -2.46. The molecule has 1 fully saturated rings. The van der Waals surface area contributed by atoms with Crippen LogP contribution in [0.15, 0.2) is 36.4 Å². The summed E-state index contributed by atoms with van der Waals surface area (Å²) in [6, 6.07) is 10.5. The minimum Gasteiger partial charge on any atom is -0.478 e. The van der Waals surface area contributed by atoms with Crippen LogP contribution in [-0.2, 0) is 6.54 Å². The fraction of sp³-hybridized carbons (Fsp3) is 0.263. The SMILES string of the molecule is N#Cc1cc(N2CCN(Cc3ccc(C(=O)O)c(F)c3)CC2)ccc1F. The van der Waals surface area contributed by atoms with Crippen molar-refractivity contribution in [3.63, 3.8) is 0 Å². The van der Waals surface area contributed by atoms with Gasteiger partial charge in [0.2, 0.25) is 0 Å². The van der Waals surface area contributed by atoms with E-state index in [-0.39, 0.29) is 11.1 Å². The van der Waals surface area contributed by atoms with Crippen LogP contribution in [0.3, 0.4) is 0 Å². The molecule has 0 radical (unpaired) electrons. The van der Waals surface area contributed by atoms with E-state index < -0.39 is 17.6 Å². The number of carbonyl (C=O) groups is 1. The van der Waals surface area contributed by atoms with Crippen molar-refractivity contribution >= 4 is 11.7 Å². The van der Waals surface area contributed by atoms with E-state index >= 15 is 0 Å². The van der Waals surface area contributed by atoms with Crippen molar-refractivity contribution in [1.29, 1.82) is 5.26 Å². The Morgan fingerprint density at radius 2 is 1.81 bits per heavy atom. The highest BCUT2D eigenvalue weighted by atomic mass is 19.1. The molecular formula is C19H17F2N3O2. The molecule has 1 heterocycles. The number of nitrogens with zero attached hydrogens (tertiary/aromatic N) is 3. The molecule has 1 saturated heterocycles. The van der Waals surface area contributed by atoms with Gasteiger partial charge < -0.3 is 10.0 Å². The number of nitriles is 1. The Morgan fingerprint density at radius 3 is 2.42 bits per heavy atom. The smallest absolute Gasteiger partial charge is 0.338 e. The third-order valence-electron chi connectivity index (χ3n) is 4.48. The Kier molecular flexibility index (Phi) is 5.14.